The molecule has 7 nitrogen and oxygen atoms in total. The highest BCUT2D eigenvalue weighted by Gasteiger charge is 2.41. The first kappa shape index (κ1) is 19.8. The van der Waals surface area contributed by atoms with Crippen LogP contribution in [0.5, 0.6) is 11.6 Å². The van der Waals surface area contributed by atoms with Crippen molar-refractivity contribution in [1.29, 1.82) is 0 Å². The zero-order chi connectivity index (χ0) is 21.4. The number of phenolic OH excluding ortho intramolecular Hbond substituents is 1. The van der Waals surface area contributed by atoms with Crippen molar-refractivity contribution in [3.8, 4) is 34.1 Å². The number of aromatic hydroxyl groups is 1. The fraction of sp³-hybridized carbons (Fsp3) is 0.391. The van der Waals surface area contributed by atoms with Gasteiger partial charge in [-0.15, -0.1) is 10.2 Å². The Morgan fingerprint density at radius 3 is 2.71 bits per heavy atom. The Balaban J connectivity index is 1.31. The van der Waals surface area contributed by atoms with E-state index in [1.165, 1.54) is 0 Å². The first-order valence-electron chi connectivity index (χ1n) is 10.6. The van der Waals surface area contributed by atoms with Crippen LogP contribution in [0.25, 0.3) is 22.5 Å². The van der Waals surface area contributed by atoms with Gasteiger partial charge in [-0.1, -0.05) is 12.5 Å². The number of phenols is 1. The fourth-order valence-corrected chi connectivity index (χ4v) is 4.40. The number of benzene rings is 1. The van der Waals surface area contributed by atoms with Crippen LogP contribution in [0.4, 0.5) is 4.39 Å². The number of fused-ring (bicyclic) bond motifs is 2. The summed E-state index contributed by atoms with van der Waals surface area (Å²) in [5, 5.41) is 22.2. The van der Waals surface area contributed by atoms with E-state index in [1.54, 1.807) is 36.7 Å². The number of piperidine rings is 2. The topological polar surface area (TPSA) is 93.0 Å². The number of hydrogen-bond acceptors (Lipinski definition) is 7. The maximum Gasteiger partial charge on any atom is 0.233 e. The first-order chi connectivity index (χ1) is 15.1. The Morgan fingerprint density at radius 1 is 1.06 bits per heavy atom. The molecule has 0 saturated carbocycles. The van der Waals surface area contributed by atoms with Crippen molar-refractivity contribution < 1.29 is 14.2 Å². The zero-order valence-corrected chi connectivity index (χ0v) is 17.2. The van der Waals surface area contributed by atoms with E-state index in [-0.39, 0.29) is 11.8 Å². The van der Waals surface area contributed by atoms with Crippen molar-refractivity contribution in [2.24, 2.45) is 0 Å². The van der Waals surface area contributed by atoms with Gasteiger partial charge < -0.3 is 15.2 Å². The molecular weight excluding hydrogens is 397 g/mol. The van der Waals surface area contributed by atoms with Gasteiger partial charge in [0, 0.05) is 41.9 Å². The molecule has 2 fully saturated rings. The lowest BCUT2D eigenvalue weighted by molar-refractivity contribution is 0.00652. The highest BCUT2D eigenvalue weighted by Crippen LogP contribution is 2.33. The molecule has 4 heterocycles. The second-order valence-electron chi connectivity index (χ2n) is 8.27. The van der Waals surface area contributed by atoms with Crippen LogP contribution in [0.15, 0.2) is 42.7 Å². The number of ether oxygens (including phenoxy) is 1. The number of aryl methyl sites for hydroxylation is 1. The molecule has 31 heavy (non-hydrogen) atoms. The van der Waals surface area contributed by atoms with Crippen LogP contribution in [-0.2, 0) is 0 Å². The average molecular weight is 421 g/mol. The summed E-state index contributed by atoms with van der Waals surface area (Å²) in [4.78, 5) is 8.57. The number of hydrogen-bond donors (Lipinski definition) is 2. The maximum absolute atomic E-state index is 14.7. The summed E-state index contributed by atoms with van der Waals surface area (Å²) in [6, 6.07) is 8.80. The summed E-state index contributed by atoms with van der Waals surface area (Å²) >= 11 is 0. The quantitative estimate of drug-likeness (QED) is 0.665. The van der Waals surface area contributed by atoms with Crippen molar-refractivity contribution in [3.63, 3.8) is 0 Å². The molecule has 0 radical (unpaired) electrons. The Kier molecular flexibility index (Phi) is 5.23. The van der Waals surface area contributed by atoms with Crippen molar-refractivity contribution in [3.05, 3.63) is 48.4 Å². The molecule has 4 atom stereocenters. The third-order valence-corrected chi connectivity index (χ3v) is 6.04. The predicted octanol–water partition coefficient (Wildman–Crippen LogP) is 3.61. The molecule has 2 N–H and O–H groups in total. The van der Waals surface area contributed by atoms with Gasteiger partial charge in [-0.25, -0.2) is 4.39 Å². The summed E-state index contributed by atoms with van der Waals surface area (Å²) in [7, 11) is 0. The molecule has 2 saturated heterocycles. The van der Waals surface area contributed by atoms with E-state index in [2.05, 4.69) is 25.5 Å². The van der Waals surface area contributed by atoms with Gasteiger partial charge in [0.1, 0.15) is 11.9 Å². The van der Waals surface area contributed by atoms with E-state index in [9.17, 15) is 9.50 Å². The second-order valence-corrected chi connectivity index (χ2v) is 8.27. The third-order valence-electron chi connectivity index (χ3n) is 6.04. The van der Waals surface area contributed by atoms with Gasteiger partial charge in [0.25, 0.3) is 0 Å². The van der Waals surface area contributed by atoms with E-state index in [4.69, 9.17) is 4.74 Å². The number of nitrogens with zero attached hydrogens (tertiary/aromatic N) is 4. The average Bonchev–Trinajstić information content (AvgIpc) is 2.79. The van der Waals surface area contributed by atoms with Crippen LogP contribution in [-0.4, -0.2) is 49.6 Å². The zero-order valence-electron chi connectivity index (χ0n) is 17.2. The molecule has 2 bridgehead atoms. The van der Waals surface area contributed by atoms with E-state index in [1.807, 2.05) is 13.0 Å². The molecule has 8 heteroatoms. The van der Waals surface area contributed by atoms with Gasteiger partial charge >= 0.3 is 0 Å². The Hall–Kier alpha value is -3.13. The lowest BCUT2D eigenvalue weighted by atomic mass is 9.84. The number of aromatic nitrogens is 4. The summed E-state index contributed by atoms with van der Waals surface area (Å²) in [5.41, 5.74) is 3.31. The second kappa shape index (κ2) is 8.19. The van der Waals surface area contributed by atoms with E-state index in [0.717, 1.165) is 30.5 Å². The summed E-state index contributed by atoms with van der Waals surface area (Å²) < 4.78 is 20.6. The van der Waals surface area contributed by atoms with Crippen LogP contribution in [0, 0.1) is 6.92 Å². The molecule has 0 amide bonds. The van der Waals surface area contributed by atoms with E-state index in [0.29, 0.717) is 35.3 Å². The molecule has 5 rings (SSSR count). The summed E-state index contributed by atoms with van der Waals surface area (Å²) in [5.74, 6) is 0.361. The van der Waals surface area contributed by atoms with Crippen LogP contribution < -0.4 is 10.1 Å². The predicted molar refractivity (Wildman–Crippen MR) is 113 cm³/mol. The normalized spacial score (nSPS) is 25.2. The van der Waals surface area contributed by atoms with E-state index < -0.39 is 12.3 Å². The fourth-order valence-electron chi connectivity index (χ4n) is 4.40. The van der Waals surface area contributed by atoms with Gasteiger partial charge in [0.05, 0.1) is 23.3 Å². The number of alkyl halides is 1. The smallest absolute Gasteiger partial charge is 0.233 e. The SMILES string of the molecule is Cc1cnc(-c2ccc(-c3ccc(O[C@H]4CC5CCCC(N5)[C@H]4F)nn3)c(O)c2)cn1. The minimum Gasteiger partial charge on any atom is -0.507 e. The van der Waals surface area contributed by atoms with Crippen LogP contribution in [0.3, 0.4) is 0 Å². The molecule has 2 aliphatic heterocycles. The van der Waals surface area contributed by atoms with Gasteiger partial charge in [0.2, 0.25) is 5.88 Å². The van der Waals surface area contributed by atoms with Gasteiger partial charge in [0.15, 0.2) is 6.17 Å². The van der Waals surface area contributed by atoms with Crippen LogP contribution in [0.2, 0.25) is 0 Å². The molecule has 1 aromatic carbocycles. The van der Waals surface area contributed by atoms with E-state index >= 15 is 0 Å². The number of halogens is 1. The largest absolute Gasteiger partial charge is 0.507 e. The van der Waals surface area contributed by atoms with Gasteiger partial charge in [-0.2, -0.15) is 0 Å². The molecule has 3 aromatic rings. The molecule has 2 unspecified atom stereocenters. The van der Waals surface area contributed by atoms with Crippen molar-refractivity contribution in [1.82, 2.24) is 25.5 Å². The third kappa shape index (κ3) is 4.07. The molecule has 160 valence electrons. The Labute approximate surface area is 179 Å². The maximum atomic E-state index is 14.7. The molecule has 2 aromatic heterocycles. The molecular formula is C23H24FN5O2. The van der Waals surface area contributed by atoms with Crippen molar-refractivity contribution >= 4 is 0 Å². The van der Waals surface area contributed by atoms with Gasteiger partial charge in [-0.05, 0) is 38.0 Å². The minimum absolute atomic E-state index is 0.0674. The van der Waals surface area contributed by atoms with Gasteiger partial charge in [-0.3, -0.25) is 9.97 Å². The number of nitrogens with one attached hydrogen (secondary N) is 1. The first-order valence-corrected chi connectivity index (χ1v) is 10.6. The van der Waals surface area contributed by atoms with Crippen molar-refractivity contribution in [2.75, 3.05) is 0 Å². The minimum atomic E-state index is -1.06. The standard InChI is InChI=1S/C23H24FN5O2/c1-13-11-26-19(12-25-13)14-5-6-16(20(30)9-14)17-7-8-22(29-28-17)31-21-10-15-3-2-4-18(27-15)23(21)24/h5-9,11-12,15,18,21,23,27,30H,2-4,10H2,1H3/t15?,18?,21-,23+/m0/s1. The molecule has 0 aliphatic carbocycles. The summed E-state index contributed by atoms with van der Waals surface area (Å²) in [6.07, 6.45) is 5.36. The number of rotatable bonds is 4. The van der Waals surface area contributed by atoms with Crippen LogP contribution >= 0.6 is 0 Å². The Morgan fingerprint density at radius 2 is 1.97 bits per heavy atom. The summed E-state index contributed by atoms with van der Waals surface area (Å²) in [6.45, 7) is 1.87. The highest BCUT2D eigenvalue weighted by molar-refractivity contribution is 5.72. The lowest BCUT2D eigenvalue weighted by Gasteiger charge is -2.42. The van der Waals surface area contributed by atoms with Crippen LogP contribution in [0.1, 0.15) is 31.4 Å². The van der Waals surface area contributed by atoms with Crippen molar-refractivity contribution in [2.45, 2.75) is 57.0 Å². The Bertz CT molecular complexity index is 1060. The molecule has 0 spiro atoms. The lowest BCUT2D eigenvalue weighted by Crippen LogP contribution is -2.59. The monoisotopic (exact) mass is 421 g/mol. The molecule has 2 aliphatic rings. The highest BCUT2D eigenvalue weighted by atomic mass is 19.1.